The zero-order valence-corrected chi connectivity index (χ0v) is 5.84. The van der Waals surface area contributed by atoms with Crippen LogP contribution >= 0.6 is 0 Å². The molecule has 1 atom stereocenters. The van der Waals surface area contributed by atoms with Crippen molar-refractivity contribution in [3.63, 3.8) is 0 Å². The van der Waals surface area contributed by atoms with Gasteiger partial charge in [-0.15, -0.1) is 0 Å². The SMILES string of the molecule is CN1C=CN(S(=O)O)C1. The number of hydrogen-bond donors (Lipinski definition) is 1. The van der Waals surface area contributed by atoms with Crippen LogP contribution in [0.3, 0.4) is 0 Å². The fraction of sp³-hybridized carbons (Fsp3) is 0.500. The minimum absolute atomic E-state index is 0.489. The summed E-state index contributed by atoms with van der Waals surface area (Å²) in [5, 5.41) is 0. The Morgan fingerprint density at radius 2 is 2.33 bits per heavy atom. The largest absolute Gasteiger partial charge is 0.361 e. The summed E-state index contributed by atoms with van der Waals surface area (Å²) in [5.41, 5.74) is 0. The first-order chi connectivity index (χ1) is 4.20. The van der Waals surface area contributed by atoms with E-state index in [-0.39, 0.29) is 0 Å². The Kier molecular flexibility index (Phi) is 1.73. The molecule has 1 unspecified atom stereocenters. The Bertz CT molecular complexity index is 159. The quantitative estimate of drug-likeness (QED) is 0.524. The molecule has 0 fully saturated rings. The molecular weight excluding hydrogens is 140 g/mol. The monoisotopic (exact) mass is 148 g/mol. The van der Waals surface area contributed by atoms with Gasteiger partial charge in [0.15, 0.2) is 0 Å². The molecule has 0 radical (unpaired) electrons. The lowest BCUT2D eigenvalue weighted by Crippen LogP contribution is -2.23. The van der Waals surface area contributed by atoms with E-state index in [9.17, 15) is 4.21 Å². The van der Waals surface area contributed by atoms with Gasteiger partial charge in [0, 0.05) is 19.4 Å². The van der Waals surface area contributed by atoms with Gasteiger partial charge in [0.2, 0.25) is 0 Å². The Morgan fingerprint density at radius 3 is 2.56 bits per heavy atom. The first-order valence-electron chi connectivity index (χ1n) is 2.46. The zero-order valence-electron chi connectivity index (χ0n) is 5.02. The van der Waals surface area contributed by atoms with Crippen LogP contribution in [0.15, 0.2) is 12.4 Å². The second-order valence-corrected chi connectivity index (χ2v) is 2.77. The molecule has 4 nitrogen and oxygen atoms in total. The molecule has 0 saturated carbocycles. The molecular formula is C4H8N2O2S. The van der Waals surface area contributed by atoms with Crippen LogP contribution in [0.5, 0.6) is 0 Å². The van der Waals surface area contributed by atoms with E-state index in [0.717, 1.165) is 0 Å². The van der Waals surface area contributed by atoms with Gasteiger partial charge in [0.1, 0.15) is 6.67 Å². The van der Waals surface area contributed by atoms with Crippen molar-refractivity contribution < 1.29 is 8.76 Å². The van der Waals surface area contributed by atoms with Crippen molar-refractivity contribution >= 4 is 11.3 Å². The molecule has 9 heavy (non-hydrogen) atoms. The summed E-state index contributed by atoms with van der Waals surface area (Å²) in [5.74, 6) is 0. The third kappa shape index (κ3) is 1.43. The van der Waals surface area contributed by atoms with Crippen LogP contribution in [0.2, 0.25) is 0 Å². The van der Waals surface area contributed by atoms with Crippen LogP contribution < -0.4 is 0 Å². The van der Waals surface area contributed by atoms with Crippen molar-refractivity contribution in [3.8, 4) is 0 Å². The molecule has 1 aliphatic heterocycles. The van der Waals surface area contributed by atoms with Gasteiger partial charge in [-0.2, -0.15) is 0 Å². The van der Waals surface area contributed by atoms with Gasteiger partial charge >= 0.3 is 0 Å². The van der Waals surface area contributed by atoms with Crippen LogP contribution in [0, 0.1) is 0 Å². The molecule has 0 bridgehead atoms. The molecule has 1 aliphatic rings. The normalized spacial score (nSPS) is 21.1. The molecule has 0 aliphatic carbocycles. The summed E-state index contributed by atoms with van der Waals surface area (Å²) in [6.45, 7) is 0.489. The van der Waals surface area contributed by atoms with E-state index in [1.165, 1.54) is 4.31 Å². The smallest absolute Gasteiger partial charge is 0.262 e. The van der Waals surface area contributed by atoms with Gasteiger partial charge in [-0.05, 0) is 0 Å². The number of nitrogens with zero attached hydrogens (tertiary/aromatic N) is 2. The number of rotatable bonds is 1. The molecule has 52 valence electrons. The highest BCUT2D eigenvalue weighted by Gasteiger charge is 2.11. The summed E-state index contributed by atoms with van der Waals surface area (Å²) in [6.07, 6.45) is 3.32. The highest BCUT2D eigenvalue weighted by Crippen LogP contribution is 2.03. The van der Waals surface area contributed by atoms with Gasteiger partial charge in [-0.25, -0.2) is 4.21 Å². The van der Waals surface area contributed by atoms with Crippen LogP contribution in [-0.2, 0) is 11.3 Å². The third-order valence-corrected chi connectivity index (χ3v) is 1.69. The lowest BCUT2D eigenvalue weighted by Gasteiger charge is -2.11. The van der Waals surface area contributed by atoms with Gasteiger partial charge in [0.25, 0.3) is 11.3 Å². The van der Waals surface area contributed by atoms with Crippen LogP contribution in [0.4, 0.5) is 0 Å². The molecule has 1 rings (SSSR count). The average molecular weight is 148 g/mol. The van der Waals surface area contributed by atoms with Crippen molar-refractivity contribution in [1.82, 2.24) is 9.21 Å². The van der Waals surface area contributed by atoms with E-state index < -0.39 is 11.3 Å². The van der Waals surface area contributed by atoms with Crippen LogP contribution in [0.1, 0.15) is 0 Å². The fourth-order valence-electron chi connectivity index (χ4n) is 0.604. The molecule has 0 aromatic heterocycles. The van der Waals surface area contributed by atoms with E-state index in [1.807, 2.05) is 11.9 Å². The minimum Gasteiger partial charge on any atom is -0.361 e. The first-order valence-corrected chi connectivity index (χ1v) is 3.52. The van der Waals surface area contributed by atoms with Gasteiger partial charge in [-0.3, -0.25) is 8.86 Å². The number of hydrogen-bond acceptors (Lipinski definition) is 2. The Morgan fingerprint density at radius 1 is 1.67 bits per heavy atom. The van der Waals surface area contributed by atoms with Crippen molar-refractivity contribution in [3.05, 3.63) is 12.4 Å². The van der Waals surface area contributed by atoms with E-state index in [1.54, 1.807) is 12.4 Å². The van der Waals surface area contributed by atoms with E-state index in [2.05, 4.69) is 0 Å². The van der Waals surface area contributed by atoms with E-state index in [0.29, 0.717) is 6.67 Å². The maximum Gasteiger partial charge on any atom is 0.262 e. The molecule has 0 aromatic rings. The van der Waals surface area contributed by atoms with Crippen molar-refractivity contribution in [1.29, 1.82) is 0 Å². The van der Waals surface area contributed by atoms with Crippen molar-refractivity contribution in [2.24, 2.45) is 0 Å². The maximum atomic E-state index is 10.3. The molecule has 5 heteroatoms. The second-order valence-electron chi connectivity index (χ2n) is 1.84. The zero-order chi connectivity index (χ0) is 6.85. The molecule has 0 spiro atoms. The minimum atomic E-state index is -1.86. The fourth-order valence-corrected chi connectivity index (χ4v) is 1.04. The Hall–Kier alpha value is -0.550. The summed E-state index contributed by atoms with van der Waals surface area (Å²) in [7, 11) is 1.84. The summed E-state index contributed by atoms with van der Waals surface area (Å²) < 4.78 is 20.1. The molecule has 1 heterocycles. The lowest BCUT2D eigenvalue weighted by molar-refractivity contribution is 0.378. The maximum absolute atomic E-state index is 10.3. The van der Waals surface area contributed by atoms with Crippen LogP contribution in [0.25, 0.3) is 0 Å². The van der Waals surface area contributed by atoms with Crippen molar-refractivity contribution in [2.45, 2.75) is 0 Å². The summed E-state index contributed by atoms with van der Waals surface area (Å²) >= 11 is -1.86. The standard InChI is InChI=1S/C4H8N2O2S/c1-5-2-3-6(4-5)9(7)8/h2-3H,4H2,1H3,(H,7,8). The van der Waals surface area contributed by atoms with Gasteiger partial charge in [-0.1, -0.05) is 0 Å². The summed E-state index contributed by atoms with van der Waals surface area (Å²) in [4.78, 5) is 1.81. The highest BCUT2D eigenvalue weighted by molar-refractivity contribution is 7.76. The first kappa shape index (κ1) is 6.57. The van der Waals surface area contributed by atoms with Gasteiger partial charge in [0.05, 0.1) is 0 Å². The van der Waals surface area contributed by atoms with Crippen molar-refractivity contribution in [2.75, 3.05) is 13.7 Å². The predicted octanol–water partition coefficient (Wildman–Crippen LogP) is -0.201. The second kappa shape index (κ2) is 2.36. The molecule has 0 amide bonds. The Balaban J connectivity index is 2.50. The van der Waals surface area contributed by atoms with E-state index >= 15 is 0 Å². The Labute approximate surface area is 56.2 Å². The molecule has 0 aromatic carbocycles. The summed E-state index contributed by atoms with van der Waals surface area (Å²) in [6, 6.07) is 0. The highest BCUT2D eigenvalue weighted by atomic mass is 32.2. The van der Waals surface area contributed by atoms with E-state index in [4.69, 9.17) is 4.55 Å². The lowest BCUT2D eigenvalue weighted by atomic mass is 10.9. The predicted molar refractivity (Wildman–Crippen MR) is 34.4 cm³/mol. The molecule has 1 N–H and O–H groups in total. The van der Waals surface area contributed by atoms with Gasteiger partial charge < -0.3 is 4.90 Å². The average Bonchev–Trinajstić information content (AvgIpc) is 2.14. The third-order valence-electron chi connectivity index (χ3n) is 1.05. The topological polar surface area (TPSA) is 43.8 Å². The van der Waals surface area contributed by atoms with Crippen LogP contribution in [-0.4, -0.2) is 31.7 Å². The molecule has 0 saturated heterocycles.